The molecule has 0 N–H and O–H groups in total. The van der Waals surface area contributed by atoms with E-state index >= 15 is 0 Å². The summed E-state index contributed by atoms with van der Waals surface area (Å²) in [5.74, 6) is 0. The van der Waals surface area contributed by atoms with E-state index in [1.54, 1.807) is 11.8 Å². The van der Waals surface area contributed by atoms with Gasteiger partial charge in [0.1, 0.15) is 0 Å². The Kier molecular flexibility index (Phi) is 2.84. The molecule has 0 aromatic carbocycles. The summed E-state index contributed by atoms with van der Waals surface area (Å²) in [5.41, 5.74) is 0. The van der Waals surface area contributed by atoms with Crippen molar-refractivity contribution in [3.8, 4) is 0 Å². The summed E-state index contributed by atoms with van der Waals surface area (Å²) in [5, 5.41) is 0. The highest BCUT2D eigenvalue weighted by Gasteiger charge is 2.06. The lowest BCUT2D eigenvalue weighted by Gasteiger charge is -2.11. The third-order valence-corrected chi connectivity index (χ3v) is 1.29. The van der Waals surface area contributed by atoms with Crippen LogP contribution in [0.5, 0.6) is 0 Å². The average molecular weight is 133 g/mol. The van der Waals surface area contributed by atoms with Gasteiger partial charge < -0.3 is 0 Å². The predicted octanol–water partition coefficient (Wildman–Crippen LogP) is 2.35. The molecule has 0 spiro atoms. The van der Waals surface area contributed by atoms with Crippen molar-refractivity contribution in [2.75, 3.05) is 0 Å². The Morgan fingerprint density at radius 3 is 1.86 bits per heavy atom. The summed E-state index contributed by atoms with van der Waals surface area (Å²) < 4.78 is 2.86. The predicted molar refractivity (Wildman–Crippen MR) is 39.9 cm³/mol. The standard InChI is InChI=1S/C5H9S2/c1-5(2,3)7-4-6/h1-3H3. The van der Waals surface area contributed by atoms with Crippen LogP contribution >= 0.6 is 24.0 Å². The Morgan fingerprint density at radius 2 is 1.86 bits per heavy atom. The lowest BCUT2D eigenvalue weighted by Crippen LogP contribution is -2.05. The second-order valence-corrected chi connectivity index (χ2v) is 4.39. The molecule has 0 unspecified atom stereocenters. The van der Waals surface area contributed by atoms with E-state index in [2.05, 4.69) is 37.7 Å². The number of thiocarbonyl (C=S) groups is 1. The summed E-state index contributed by atoms with van der Waals surface area (Å²) in [4.78, 5) is 0. The zero-order valence-electron chi connectivity index (χ0n) is 4.82. The van der Waals surface area contributed by atoms with Gasteiger partial charge >= 0.3 is 0 Å². The lowest BCUT2D eigenvalue weighted by atomic mass is 10.3. The van der Waals surface area contributed by atoms with Gasteiger partial charge in [0.2, 0.25) is 0 Å². The van der Waals surface area contributed by atoms with Crippen LogP contribution in [0, 0.1) is 0 Å². The van der Waals surface area contributed by atoms with E-state index in [9.17, 15) is 0 Å². The van der Waals surface area contributed by atoms with E-state index in [4.69, 9.17) is 0 Å². The number of thioether (sulfide) groups is 1. The van der Waals surface area contributed by atoms with Crippen molar-refractivity contribution in [2.45, 2.75) is 25.5 Å². The Bertz CT molecular complexity index is 61.0. The van der Waals surface area contributed by atoms with Crippen LogP contribution in [0.4, 0.5) is 0 Å². The van der Waals surface area contributed by atoms with Crippen molar-refractivity contribution in [2.24, 2.45) is 0 Å². The maximum Gasteiger partial charge on any atom is 0.0956 e. The van der Waals surface area contributed by atoms with Crippen LogP contribution in [0.25, 0.3) is 0 Å². The normalized spacial score (nSPS) is 11.3. The van der Waals surface area contributed by atoms with E-state index in [-0.39, 0.29) is 4.75 Å². The molecule has 0 bridgehead atoms. The van der Waals surface area contributed by atoms with Crippen LogP contribution in [0.15, 0.2) is 0 Å². The number of hydrogen-bond acceptors (Lipinski definition) is 2. The van der Waals surface area contributed by atoms with Gasteiger partial charge in [-0.1, -0.05) is 33.0 Å². The summed E-state index contributed by atoms with van der Waals surface area (Å²) in [6.07, 6.45) is 0. The van der Waals surface area contributed by atoms with Gasteiger partial charge in [0.15, 0.2) is 0 Å². The Labute approximate surface area is 54.7 Å². The zero-order chi connectivity index (χ0) is 5.91. The Hall–Kier alpha value is 0.440. The molecule has 0 saturated heterocycles. The molecule has 0 aromatic heterocycles. The molecule has 0 atom stereocenters. The second kappa shape index (κ2) is 2.68. The van der Waals surface area contributed by atoms with E-state index < -0.39 is 0 Å². The highest BCUT2D eigenvalue weighted by Crippen LogP contribution is 2.19. The molecule has 0 fully saturated rings. The molecule has 0 amide bonds. The highest BCUT2D eigenvalue weighted by atomic mass is 32.2. The zero-order valence-corrected chi connectivity index (χ0v) is 6.45. The fourth-order valence-corrected chi connectivity index (χ4v) is 1.12. The van der Waals surface area contributed by atoms with E-state index in [1.807, 2.05) is 0 Å². The van der Waals surface area contributed by atoms with Crippen molar-refractivity contribution in [3.63, 3.8) is 0 Å². The first-order valence-electron chi connectivity index (χ1n) is 2.11. The van der Waals surface area contributed by atoms with Crippen LogP contribution in [-0.2, 0) is 0 Å². The van der Waals surface area contributed by atoms with Crippen molar-refractivity contribution in [1.82, 2.24) is 0 Å². The topological polar surface area (TPSA) is 0 Å². The minimum atomic E-state index is 0.252. The molecule has 0 aromatic rings. The highest BCUT2D eigenvalue weighted by molar-refractivity contribution is 8.21. The first kappa shape index (κ1) is 7.44. The van der Waals surface area contributed by atoms with Crippen LogP contribution in [0.3, 0.4) is 0 Å². The van der Waals surface area contributed by atoms with Crippen molar-refractivity contribution in [3.05, 3.63) is 0 Å². The minimum absolute atomic E-state index is 0.252. The van der Waals surface area contributed by atoms with Gasteiger partial charge in [-0.25, -0.2) is 0 Å². The molecule has 0 saturated carbocycles. The molecule has 0 aliphatic heterocycles. The Balaban J connectivity index is 3.34. The molecule has 0 aliphatic rings. The number of rotatable bonds is 1. The summed E-state index contributed by atoms with van der Waals surface area (Å²) in [6.45, 7) is 6.32. The first-order chi connectivity index (χ1) is 3.06. The molecule has 0 nitrogen and oxygen atoms in total. The van der Waals surface area contributed by atoms with Crippen molar-refractivity contribution >= 4 is 28.7 Å². The van der Waals surface area contributed by atoms with Crippen molar-refractivity contribution in [1.29, 1.82) is 0 Å². The van der Waals surface area contributed by atoms with Gasteiger partial charge in [-0.05, 0) is 0 Å². The maximum absolute atomic E-state index is 4.51. The molecule has 41 valence electrons. The van der Waals surface area contributed by atoms with Gasteiger partial charge in [-0.3, -0.25) is 0 Å². The monoisotopic (exact) mass is 133 g/mol. The van der Waals surface area contributed by atoms with E-state index in [0.29, 0.717) is 0 Å². The summed E-state index contributed by atoms with van der Waals surface area (Å²) in [6, 6.07) is 0. The molecule has 2 heteroatoms. The molecular formula is C5H9S2. The van der Waals surface area contributed by atoms with Gasteiger partial charge in [0.05, 0.1) is 4.70 Å². The van der Waals surface area contributed by atoms with Gasteiger partial charge in [-0.15, -0.1) is 11.8 Å². The van der Waals surface area contributed by atoms with Crippen molar-refractivity contribution < 1.29 is 0 Å². The lowest BCUT2D eigenvalue weighted by molar-refractivity contribution is 0.809. The fraction of sp³-hybridized carbons (Fsp3) is 0.800. The molecule has 0 heterocycles. The van der Waals surface area contributed by atoms with Gasteiger partial charge in [0, 0.05) is 4.75 Å². The quantitative estimate of drug-likeness (QED) is 0.504. The van der Waals surface area contributed by atoms with E-state index in [1.165, 1.54) is 0 Å². The molecule has 0 rings (SSSR count). The molecule has 0 aliphatic carbocycles. The SMILES string of the molecule is CC(C)(C)S[C]=S. The first-order valence-corrected chi connectivity index (χ1v) is 3.34. The van der Waals surface area contributed by atoms with Crippen LogP contribution in [-0.4, -0.2) is 9.45 Å². The second-order valence-electron chi connectivity index (χ2n) is 2.30. The third-order valence-electron chi connectivity index (χ3n) is 0.348. The summed E-state index contributed by atoms with van der Waals surface area (Å²) >= 11 is 6.07. The van der Waals surface area contributed by atoms with Crippen LogP contribution in [0.2, 0.25) is 0 Å². The average Bonchev–Trinajstić information content (AvgIpc) is 1.30. The van der Waals surface area contributed by atoms with Crippen LogP contribution < -0.4 is 0 Å². The summed E-state index contributed by atoms with van der Waals surface area (Å²) in [7, 11) is 0. The molecular weight excluding hydrogens is 124 g/mol. The smallest absolute Gasteiger partial charge is 0.0956 e. The number of hydrogen-bond donors (Lipinski definition) is 0. The Morgan fingerprint density at radius 1 is 1.43 bits per heavy atom. The minimum Gasteiger partial charge on any atom is -0.107 e. The van der Waals surface area contributed by atoms with E-state index in [0.717, 1.165) is 0 Å². The fourth-order valence-electron chi connectivity index (χ4n) is 0.125. The largest absolute Gasteiger partial charge is 0.107 e. The van der Waals surface area contributed by atoms with Crippen LogP contribution in [0.1, 0.15) is 20.8 Å². The van der Waals surface area contributed by atoms with Gasteiger partial charge in [-0.2, -0.15) is 0 Å². The third kappa shape index (κ3) is 6.44. The van der Waals surface area contributed by atoms with Gasteiger partial charge in [0.25, 0.3) is 0 Å². The molecule has 1 radical (unpaired) electrons. The molecule has 7 heavy (non-hydrogen) atoms. The maximum atomic E-state index is 4.51.